The van der Waals surface area contributed by atoms with Gasteiger partial charge in [-0.15, -0.1) is 0 Å². The van der Waals surface area contributed by atoms with Crippen molar-refractivity contribution >= 4 is 5.91 Å². The van der Waals surface area contributed by atoms with Crippen LogP contribution in [-0.2, 0) is 11.2 Å². The molecule has 1 aliphatic heterocycles. The fraction of sp³-hybridized carbons (Fsp3) is 0.444. The topological polar surface area (TPSA) is 64.2 Å². The van der Waals surface area contributed by atoms with Crippen molar-refractivity contribution in [2.24, 2.45) is 11.7 Å². The molecule has 1 saturated heterocycles. The monoisotopic (exact) mass is 330 g/mol. The summed E-state index contributed by atoms with van der Waals surface area (Å²) in [6.45, 7) is 3.42. The molecular weight excluding hydrogens is 307 g/mol. The Balaban J connectivity index is 1.70. The largest absolute Gasteiger partial charge is 0.338 e. The number of piperidine rings is 1. The van der Waals surface area contributed by atoms with Gasteiger partial charge < -0.3 is 10.6 Å². The molecule has 1 aliphatic rings. The number of likely N-dealkylation sites (tertiary alicyclic amines) is 1. The van der Waals surface area contributed by atoms with Crippen LogP contribution in [0.15, 0.2) is 36.5 Å². The molecule has 6 heteroatoms. The molecule has 24 heavy (non-hydrogen) atoms. The number of aromatic nitrogens is 2. The third kappa shape index (κ3) is 3.48. The molecule has 2 aromatic rings. The van der Waals surface area contributed by atoms with Crippen molar-refractivity contribution in [2.75, 3.05) is 13.1 Å². The summed E-state index contributed by atoms with van der Waals surface area (Å²) >= 11 is 0. The zero-order chi connectivity index (χ0) is 17.1. The van der Waals surface area contributed by atoms with E-state index in [1.165, 1.54) is 12.1 Å². The number of nitrogens with zero attached hydrogens (tertiary/aromatic N) is 3. The second-order valence-electron chi connectivity index (χ2n) is 6.41. The van der Waals surface area contributed by atoms with Gasteiger partial charge in [0.15, 0.2) is 0 Å². The van der Waals surface area contributed by atoms with Gasteiger partial charge >= 0.3 is 0 Å². The molecule has 2 unspecified atom stereocenters. The van der Waals surface area contributed by atoms with Crippen LogP contribution in [0.5, 0.6) is 0 Å². The zero-order valence-electron chi connectivity index (χ0n) is 13.9. The van der Waals surface area contributed by atoms with E-state index in [0.717, 1.165) is 25.1 Å². The Hall–Kier alpha value is -2.21. The van der Waals surface area contributed by atoms with Gasteiger partial charge in [0.05, 0.1) is 17.8 Å². The summed E-state index contributed by atoms with van der Waals surface area (Å²) in [4.78, 5) is 14.6. The Morgan fingerprint density at radius 1 is 1.33 bits per heavy atom. The van der Waals surface area contributed by atoms with E-state index in [1.807, 2.05) is 11.0 Å². The molecule has 2 N–H and O–H groups in total. The third-order valence-electron chi connectivity index (χ3n) is 4.75. The SMILES string of the molecule is CC1CCCN(C(=O)Cc2ccn(-c3ccc(F)cc3)n2)C1CN. The van der Waals surface area contributed by atoms with Crippen LogP contribution in [0.2, 0.25) is 0 Å². The molecule has 2 atom stereocenters. The van der Waals surface area contributed by atoms with E-state index in [-0.39, 0.29) is 24.2 Å². The van der Waals surface area contributed by atoms with Crippen LogP contribution in [0.25, 0.3) is 5.69 Å². The third-order valence-corrected chi connectivity index (χ3v) is 4.75. The average Bonchev–Trinajstić information content (AvgIpc) is 3.03. The molecule has 3 rings (SSSR count). The predicted octanol–water partition coefficient (Wildman–Crippen LogP) is 2.14. The van der Waals surface area contributed by atoms with Crippen LogP contribution >= 0.6 is 0 Å². The zero-order valence-corrected chi connectivity index (χ0v) is 13.9. The van der Waals surface area contributed by atoms with E-state index in [2.05, 4.69) is 12.0 Å². The standard InChI is InChI=1S/C18H23FN4O/c1-13-3-2-9-22(17(13)12-20)18(24)11-15-8-10-23(21-15)16-6-4-14(19)5-7-16/h4-8,10,13,17H,2-3,9,11-12,20H2,1H3. The number of amides is 1. The Bertz CT molecular complexity index is 697. The highest BCUT2D eigenvalue weighted by molar-refractivity contribution is 5.78. The van der Waals surface area contributed by atoms with E-state index in [4.69, 9.17) is 5.73 Å². The summed E-state index contributed by atoms with van der Waals surface area (Å²) in [6, 6.07) is 8.04. The van der Waals surface area contributed by atoms with Gasteiger partial charge in [-0.05, 0) is 49.1 Å². The summed E-state index contributed by atoms with van der Waals surface area (Å²) in [6.07, 6.45) is 4.19. The average molecular weight is 330 g/mol. The normalized spacial score (nSPS) is 21.0. The number of hydrogen-bond donors (Lipinski definition) is 1. The first-order valence-electron chi connectivity index (χ1n) is 8.38. The van der Waals surface area contributed by atoms with E-state index in [1.54, 1.807) is 23.0 Å². The van der Waals surface area contributed by atoms with Crippen molar-refractivity contribution in [3.8, 4) is 5.69 Å². The lowest BCUT2D eigenvalue weighted by atomic mass is 9.90. The highest BCUT2D eigenvalue weighted by Crippen LogP contribution is 2.23. The van der Waals surface area contributed by atoms with Crippen molar-refractivity contribution in [3.63, 3.8) is 0 Å². The molecule has 0 saturated carbocycles. The second-order valence-corrected chi connectivity index (χ2v) is 6.41. The number of nitrogens with two attached hydrogens (primary N) is 1. The molecule has 0 radical (unpaired) electrons. The molecule has 0 aliphatic carbocycles. The van der Waals surface area contributed by atoms with E-state index in [9.17, 15) is 9.18 Å². The summed E-state index contributed by atoms with van der Waals surface area (Å²) in [7, 11) is 0. The van der Waals surface area contributed by atoms with Gasteiger partial charge in [-0.2, -0.15) is 5.10 Å². The van der Waals surface area contributed by atoms with E-state index < -0.39 is 0 Å². The van der Waals surface area contributed by atoms with E-state index in [0.29, 0.717) is 18.2 Å². The molecule has 1 amide bonds. The molecule has 1 aromatic carbocycles. The Labute approximate surface area is 141 Å². The minimum Gasteiger partial charge on any atom is -0.338 e. The first kappa shape index (κ1) is 16.6. The van der Waals surface area contributed by atoms with Gasteiger partial charge in [0.25, 0.3) is 0 Å². The molecule has 1 fully saturated rings. The maximum atomic E-state index is 13.0. The van der Waals surface area contributed by atoms with Gasteiger partial charge in [-0.3, -0.25) is 4.79 Å². The van der Waals surface area contributed by atoms with Crippen LogP contribution in [0.4, 0.5) is 4.39 Å². The number of benzene rings is 1. The number of rotatable bonds is 4. The Kier molecular flexibility index (Phi) is 4.94. The maximum absolute atomic E-state index is 13.0. The summed E-state index contributed by atoms with van der Waals surface area (Å²) in [5, 5.41) is 4.43. The van der Waals surface area contributed by atoms with Crippen molar-refractivity contribution < 1.29 is 9.18 Å². The molecule has 1 aromatic heterocycles. The van der Waals surface area contributed by atoms with Gasteiger partial charge in [0.2, 0.25) is 5.91 Å². The Morgan fingerprint density at radius 2 is 2.08 bits per heavy atom. The van der Waals surface area contributed by atoms with Crippen LogP contribution in [0.3, 0.4) is 0 Å². The first-order valence-corrected chi connectivity index (χ1v) is 8.38. The van der Waals surface area contributed by atoms with Crippen molar-refractivity contribution in [1.82, 2.24) is 14.7 Å². The molecule has 5 nitrogen and oxygen atoms in total. The summed E-state index contributed by atoms with van der Waals surface area (Å²) in [5.74, 6) is 0.221. The van der Waals surface area contributed by atoms with Crippen LogP contribution in [-0.4, -0.2) is 39.7 Å². The second kappa shape index (κ2) is 7.13. The fourth-order valence-corrected chi connectivity index (χ4v) is 3.37. The van der Waals surface area contributed by atoms with Crippen molar-refractivity contribution in [1.29, 1.82) is 0 Å². The van der Waals surface area contributed by atoms with Crippen LogP contribution in [0.1, 0.15) is 25.5 Å². The van der Waals surface area contributed by atoms with Crippen molar-refractivity contribution in [2.45, 2.75) is 32.2 Å². The van der Waals surface area contributed by atoms with Crippen LogP contribution < -0.4 is 5.73 Å². The number of hydrogen-bond acceptors (Lipinski definition) is 3. The Morgan fingerprint density at radius 3 is 2.79 bits per heavy atom. The minimum absolute atomic E-state index is 0.0707. The molecule has 2 heterocycles. The predicted molar refractivity (Wildman–Crippen MR) is 90.2 cm³/mol. The summed E-state index contributed by atoms with van der Waals surface area (Å²) < 4.78 is 14.7. The quantitative estimate of drug-likeness (QED) is 0.934. The first-order chi connectivity index (χ1) is 11.6. The fourth-order valence-electron chi connectivity index (χ4n) is 3.37. The number of carbonyl (C=O) groups is 1. The lowest BCUT2D eigenvalue weighted by Gasteiger charge is -2.39. The lowest BCUT2D eigenvalue weighted by Crippen LogP contribution is -2.51. The van der Waals surface area contributed by atoms with Crippen molar-refractivity contribution in [3.05, 3.63) is 48.0 Å². The van der Waals surface area contributed by atoms with E-state index >= 15 is 0 Å². The van der Waals surface area contributed by atoms with Crippen LogP contribution in [0, 0.1) is 11.7 Å². The molecular formula is C18H23FN4O. The molecule has 0 bridgehead atoms. The highest BCUT2D eigenvalue weighted by atomic mass is 19.1. The van der Waals surface area contributed by atoms with Gasteiger partial charge in [-0.1, -0.05) is 6.92 Å². The molecule has 0 spiro atoms. The van der Waals surface area contributed by atoms with Gasteiger partial charge in [0.1, 0.15) is 5.82 Å². The maximum Gasteiger partial charge on any atom is 0.228 e. The number of halogens is 1. The smallest absolute Gasteiger partial charge is 0.228 e. The highest BCUT2D eigenvalue weighted by Gasteiger charge is 2.30. The lowest BCUT2D eigenvalue weighted by molar-refractivity contribution is -0.135. The summed E-state index contributed by atoms with van der Waals surface area (Å²) in [5.41, 5.74) is 7.34. The molecule has 128 valence electrons. The van der Waals surface area contributed by atoms with Gasteiger partial charge in [-0.25, -0.2) is 9.07 Å². The number of carbonyl (C=O) groups excluding carboxylic acids is 1. The van der Waals surface area contributed by atoms with Gasteiger partial charge in [0, 0.05) is 25.3 Å². The minimum atomic E-state index is -0.284.